The van der Waals surface area contributed by atoms with Crippen molar-refractivity contribution in [3.8, 4) is 11.3 Å². The molecule has 172 valence electrons. The molecule has 0 radical (unpaired) electrons. The molecule has 9 heteroatoms. The van der Waals surface area contributed by atoms with Crippen molar-refractivity contribution in [1.82, 2.24) is 20.2 Å². The van der Waals surface area contributed by atoms with Crippen LogP contribution >= 0.6 is 0 Å². The minimum absolute atomic E-state index is 0.000655. The third-order valence-electron chi connectivity index (χ3n) is 5.17. The maximum atomic E-state index is 14.5. The van der Waals surface area contributed by atoms with Crippen LogP contribution in [0.4, 0.5) is 21.6 Å². The molecule has 2 aromatic carbocycles. The molecule has 0 aliphatic carbocycles. The summed E-state index contributed by atoms with van der Waals surface area (Å²) in [5.74, 6) is -0.591. The Kier molecular flexibility index (Phi) is 6.18. The average Bonchev–Trinajstić information content (AvgIpc) is 2.82. The van der Waals surface area contributed by atoms with Crippen molar-refractivity contribution in [2.45, 2.75) is 26.2 Å². The van der Waals surface area contributed by atoms with Gasteiger partial charge in [0.15, 0.2) is 0 Å². The molecule has 4 aromatic rings. The average molecular weight is 458 g/mol. The van der Waals surface area contributed by atoms with Crippen LogP contribution < -0.4 is 16.2 Å². The lowest BCUT2D eigenvalue weighted by atomic mass is 9.87. The van der Waals surface area contributed by atoms with Crippen LogP contribution in [0, 0.1) is 5.82 Å². The highest BCUT2D eigenvalue weighted by Gasteiger charge is 2.16. The molecular weight excluding hydrogens is 435 g/mol. The van der Waals surface area contributed by atoms with Crippen LogP contribution in [0.1, 0.15) is 36.7 Å². The Balaban J connectivity index is 1.58. The van der Waals surface area contributed by atoms with E-state index in [1.54, 1.807) is 18.2 Å². The summed E-state index contributed by atoms with van der Waals surface area (Å²) < 4.78 is 14.5. The van der Waals surface area contributed by atoms with E-state index in [1.807, 2.05) is 12.1 Å². The van der Waals surface area contributed by atoms with Crippen molar-refractivity contribution in [2.75, 3.05) is 10.6 Å². The van der Waals surface area contributed by atoms with Gasteiger partial charge in [0.25, 0.3) is 11.5 Å². The fourth-order valence-corrected chi connectivity index (χ4v) is 3.25. The first kappa shape index (κ1) is 22.8. The molecule has 8 nitrogen and oxygen atoms in total. The number of carbonyl (C=O) groups is 1. The lowest BCUT2D eigenvalue weighted by Crippen LogP contribution is -2.15. The van der Waals surface area contributed by atoms with Gasteiger partial charge in [0.05, 0.1) is 11.4 Å². The Labute approximate surface area is 195 Å². The topological polar surface area (TPSA) is 113 Å². The van der Waals surface area contributed by atoms with E-state index in [9.17, 15) is 14.0 Å². The maximum Gasteiger partial charge on any atom is 0.287 e. The predicted molar refractivity (Wildman–Crippen MR) is 129 cm³/mol. The Hall–Kier alpha value is -4.40. The highest BCUT2D eigenvalue weighted by atomic mass is 19.1. The lowest BCUT2D eigenvalue weighted by Gasteiger charge is -2.19. The van der Waals surface area contributed by atoms with Crippen molar-refractivity contribution in [1.29, 1.82) is 0 Å². The van der Waals surface area contributed by atoms with Crippen LogP contribution in [-0.4, -0.2) is 26.1 Å². The van der Waals surface area contributed by atoms with Gasteiger partial charge in [-0.15, -0.1) is 0 Å². The van der Waals surface area contributed by atoms with E-state index in [2.05, 4.69) is 51.6 Å². The number of carbonyl (C=O) groups excluding carboxylic acids is 1. The lowest BCUT2D eigenvalue weighted by molar-refractivity contribution is 0.102. The molecule has 0 aliphatic rings. The molecule has 2 heterocycles. The summed E-state index contributed by atoms with van der Waals surface area (Å²) in [6, 6.07) is 14.5. The van der Waals surface area contributed by atoms with Gasteiger partial charge in [-0.05, 0) is 53.4 Å². The smallest absolute Gasteiger partial charge is 0.287 e. The van der Waals surface area contributed by atoms with E-state index in [0.717, 1.165) is 5.56 Å². The highest BCUT2D eigenvalue weighted by molar-refractivity contribution is 6.04. The first-order valence-corrected chi connectivity index (χ1v) is 10.6. The van der Waals surface area contributed by atoms with Crippen molar-refractivity contribution in [3.63, 3.8) is 0 Å². The molecule has 0 atom stereocenters. The Bertz CT molecular complexity index is 1380. The molecule has 4 rings (SSSR count). The maximum absolute atomic E-state index is 14.5. The zero-order valence-corrected chi connectivity index (χ0v) is 18.9. The number of anilines is 3. The summed E-state index contributed by atoms with van der Waals surface area (Å²) in [6.45, 7) is 6.26. The van der Waals surface area contributed by atoms with Gasteiger partial charge in [0.1, 0.15) is 23.6 Å². The number of benzene rings is 2. The van der Waals surface area contributed by atoms with E-state index in [0.29, 0.717) is 22.6 Å². The van der Waals surface area contributed by atoms with E-state index in [1.165, 1.54) is 36.8 Å². The van der Waals surface area contributed by atoms with Gasteiger partial charge in [-0.2, -0.15) is 5.10 Å². The van der Waals surface area contributed by atoms with Gasteiger partial charge in [0.2, 0.25) is 0 Å². The normalized spacial score (nSPS) is 11.2. The Morgan fingerprint density at radius 3 is 2.44 bits per heavy atom. The second kappa shape index (κ2) is 9.22. The number of halogens is 1. The van der Waals surface area contributed by atoms with Gasteiger partial charge < -0.3 is 10.6 Å². The molecule has 1 amide bonds. The van der Waals surface area contributed by atoms with Gasteiger partial charge in [-0.3, -0.25) is 9.59 Å². The van der Waals surface area contributed by atoms with Crippen LogP contribution in [-0.2, 0) is 5.41 Å². The number of hydrogen-bond acceptors (Lipinski definition) is 6. The van der Waals surface area contributed by atoms with Gasteiger partial charge in [-0.25, -0.2) is 19.5 Å². The second-order valence-electron chi connectivity index (χ2n) is 8.69. The zero-order valence-electron chi connectivity index (χ0n) is 18.9. The third kappa shape index (κ3) is 5.15. The molecule has 3 N–H and O–H groups in total. The first-order chi connectivity index (χ1) is 16.2. The van der Waals surface area contributed by atoms with Crippen LogP contribution in [0.3, 0.4) is 0 Å². The van der Waals surface area contributed by atoms with Gasteiger partial charge in [0, 0.05) is 17.3 Å². The summed E-state index contributed by atoms with van der Waals surface area (Å²) in [5, 5.41) is 12.0. The van der Waals surface area contributed by atoms with Crippen LogP contribution in [0.25, 0.3) is 11.3 Å². The van der Waals surface area contributed by atoms with E-state index in [-0.39, 0.29) is 16.8 Å². The summed E-state index contributed by atoms with van der Waals surface area (Å²) >= 11 is 0. The minimum atomic E-state index is -0.591. The molecule has 0 saturated carbocycles. The molecule has 0 aliphatic heterocycles. The Morgan fingerprint density at radius 1 is 1.00 bits per heavy atom. The molecule has 0 saturated heterocycles. The number of aromatic nitrogens is 4. The van der Waals surface area contributed by atoms with E-state index >= 15 is 0 Å². The van der Waals surface area contributed by atoms with E-state index in [4.69, 9.17) is 0 Å². The highest BCUT2D eigenvalue weighted by Crippen LogP contribution is 2.26. The molecular formula is C25H23FN6O2. The summed E-state index contributed by atoms with van der Waals surface area (Å²) in [5.41, 5.74) is 2.10. The summed E-state index contributed by atoms with van der Waals surface area (Å²) in [4.78, 5) is 32.8. The molecule has 0 bridgehead atoms. The number of amides is 1. The predicted octanol–water partition coefficient (Wildman–Crippen LogP) is 4.66. The molecule has 0 unspecified atom stereocenters. The first-order valence-electron chi connectivity index (χ1n) is 10.6. The zero-order chi connectivity index (χ0) is 24.3. The summed E-state index contributed by atoms with van der Waals surface area (Å²) in [6.07, 6.45) is 2.89. The van der Waals surface area contributed by atoms with Crippen molar-refractivity contribution in [2.24, 2.45) is 0 Å². The molecule has 34 heavy (non-hydrogen) atoms. The molecule has 0 fully saturated rings. The number of rotatable bonds is 5. The van der Waals surface area contributed by atoms with Gasteiger partial charge >= 0.3 is 0 Å². The number of H-pyrrole nitrogens is 1. The summed E-state index contributed by atoms with van der Waals surface area (Å²) in [7, 11) is 0. The van der Waals surface area contributed by atoms with Crippen molar-refractivity contribution in [3.05, 3.63) is 94.4 Å². The standard InChI is InChI=1S/C25H23FN6O2/c1-25(2,3)17-7-4-15(5-8-17)23(33)30-20-12-16(6-9-18(20)26)19-13-21(24(34)32-31-19)29-22-10-11-27-14-28-22/h4-14H,1-3H3,(H,30,33)(H,32,34)(H,27,28,29,31). The van der Waals surface area contributed by atoms with Gasteiger partial charge in [-0.1, -0.05) is 32.9 Å². The van der Waals surface area contributed by atoms with Crippen molar-refractivity contribution < 1.29 is 9.18 Å². The Morgan fingerprint density at radius 2 is 1.76 bits per heavy atom. The number of nitrogens with one attached hydrogen (secondary N) is 3. The fourth-order valence-electron chi connectivity index (χ4n) is 3.25. The van der Waals surface area contributed by atoms with Crippen LogP contribution in [0.15, 0.2) is 71.9 Å². The third-order valence-corrected chi connectivity index (χ3v) is 5.17. The van der Waals surface area contributed by atoms with Crippen molar-refractivity contribution >= 4 is 23.1 Å². The van der Waals surface area contributed by atoms with E-state index < -0.39 is 17.3 Å². The number of aromatic amines is 1. The largest absolute Gasteiger partial charge is 0.336 e. The SMILES string of the molecule is CC(C)(C)c1ccc(C(=O)Nc2cc(-c3cc(Nc4ccncn4)c(=O)[nH]n3)ccc2F)cc1. The number of hydrogen-bond donors (Lipinski definition) is 3. The minimum Gasteiger partial charge on any atom is -0.336 e. The second-order valence-corrected chi connectivity index (χ2v) is 8.69. The van der Waals surface area contributed by atoms with Crippen LogP contribution in [0.2, 0.25) is 0 Å². The van der Waals surface area contributed by atoms with Crippen LogP contribution in [0.5, 0.6) is 0 Å². The molecule has 0 spiro atoms. The molecule has 2 aromatic heterocycles. The quantitative estimate of drug-likeness (QED) is 0.401. The number of nitrogens with zero attached hydrogens (tertiary/aromatic N) is 3. The monoisotopic (exact) mass is 458 g/mol. The fraction of sp³-hybridized carbons (Fsp3) is 0.160.